The van der Waals surface area contributed by atoms with Gasteiger partial charge in [0.05, 0.1) is 11.6 Å². The zero-order valence-electron chi connectivity index (χ0n) is 15.4. The molecular formula is C19H26FN3O3. The smallest absolute Gasteiger partial charge is 0.249 e. The molecule has 0 spiro atoms. The summed E-state index contributed by atoms with van der Waals surface area (Å²) < 4.78 is 18.8. The van der Waals surface area contributed by atoms with Crippen molar-refractivity contribution in [2.45, 2.75) is 25.4 Å². The number of methoxy groups -OCH3 is 1. The quantitative estimate of drug-likeness (QED) is 0.871. The summed E-state index contributed by atoms with van der Waals surface area (Å²) in [5.74, 6) is -0.341. The number of likely N-dealkylation sites (tertiary alicyclic amines) is 2. The Labute approximate surface area is 153 Å². The van der Waals surface area contributed by atoms with Gasteiger partial charge in [0, 0.05) is 38.6 Å². The zero-order chi connectivity index (χ0) is 19.1. The maximum Gasteiger partial charge on any atom is 0.249 e. The molecule has 6 nitrogen and oxygen atoms in total. The molecule has 142 valence electrons. The number of amides is 2. The molecule has 3 rings (SSSR count). The van der Waals surface area contributed by atoms with Crippen molar-refractivity contribution in [2.75, 3.05) is 33.4 Å². The molecule has 7 heteroatoms. The van der Waals surface area contributed by atoms with Crippen LogP contribution < -0.4 is 5.73 Å². The lowest BCUT2D eigenvalue weighted by Gasteiger charge is -2.31. The standard InChI is InChI=1S/C19H26FN3O3/c1-19(2,21)18(25)22-8-13-9-23(16(24)11-26-3)17(15(13)10-22)12-5-4-6-14(20)7-12/h4-7,13,15,17H,8-11,21H2,1-3H3/t13-,15-,17+/m1/s1. The van der Waals surface area contributed by atoms with E-state index in [1.807, 2.05) is 6.07 Å². The molecule has 26 heavy (non-hydrogen) atoms. The molecule has 0 bridgehead atoms. The minimum Gasteiger partial charge on any atom is -0.375 e. The van der Waals surface area contributed by atoms with Crippen molar-refractivity contribution in [1.29, 1.82) is 0 Å². The molecule has 0 radical (unpaired) electrons. The molecule has 0 unspecified atom stereocenters. The largest absolute Gasteiger partial charge is 0.375 e. The highest BCUT2D eigenvalue weighted by molar-refractivity contribution is 5.85. The van der Waals surface area contributed by atoms with Gasteiger partial charge in [0.2, 0.25) is 11.8 Å². The molecule has 2 fully saturated rings. The first-order valence-electron chi connectivity index (χ1n) is 8.84. The first-order chi connectivity index (χ1) is 12.2. The molecule has 2 heterocycles. The summed E-state index contributed by atoms with van der Waals surface area (Å²) in [5, 5.41) is 0. The molecule has 2 aliphatic heterocycles. The van der Waals surface area contributed by atoms with Crippen LogP contribution in [0.25, 0.3) is 0 Å². The van der Waals surface area contributed by atoms with Crippen molar-refractivity contribution in [2.24, 2.45) is 17.6 Å². The van der Waals surface area contributed by atoms with E-state index in [0.29, 0.717) is 19.6 Å². The number of halogens is 1. The third-order valence-corrected chi connectivity index (χ3v) is 5.28. The van der Waals surface area contributed by atoms with Crippen molar-refractivity contribution in [3.05, 3.63) is 35.6 Å². The average molecular weight is 363 g/mol. The Morgan fingerprint density at radius 2 is 2.04 bits per heavy atom. The third kappa shape index (κ3) is 3.46. The van der Waals surface area contributed by atoms with Gasteiger partial charge in [-0.25, -0.2) is 4.39 Å². The van der Waals surface area contributed by atoms with Gasteiger partial charge in [-0.2, -0.15) is 0 Å². The molecule has 3 atom stereocenters. The number of ether oxygens (including phenoxy) is 1. The van der Waals surface area contributed by atoms with Crippen LogP contribution in [0.1, 0.15) is 25.5 Å². The van der Waals surface area contributed by atoms with E-state index < -0.39 is 5.54 Å². The van der Waals surface area contributed by atoms with Gasteiger partial charge in [-0.05, 0) is 31.5 Å². The lowest BCUT2D eigenvalue weighted by atomic mass is 9.89. The van der Waals surface area contributed by atoms with Crippen molar-refractivity contribution < 1.29 is 18.7 Å². The summed E-state index contributed by atoms with van der Waals surface area (Å²) in [5.41, 5.74) is 5.79. The summed E-state index contributed by atoms with van der Waals surface area (Å²) in [7, 11) is 1.48. The van der Waals surface area contributed by atoms with Crippen LogP contribution in [-0.4, -0.2) is 60.5 Å². The minimum atomic E-state index is -0.932. The highest BCUT2D eigenvalue weighted by atomic mass is 19.1. The van der Waals surface area contributed by atoms with E-state index in [2.05, 4.69) is 0 Å². The lowest BCUT2D eigenvalue weighted by Crippen LogP contribution is -2.51. The summed E-state index contributed by atoms with van der Waals surface area (Å²) in [4.78, 5) is 28.6. The SMILES string of the molecule is COCC(=O)N1C[C@H]2CN(C(=O)C(C)(C)N)C[C@H]2[C@@H]1c1cccc(F)c1. The minimum absolute atomic E-state index is 0.0102. The molecule has 1 aromatic carbocycles. The molecule has 1 aromatic rings. The zero-order valence-corrected chi connectivity index (χ0v) is 15.4. The first kappa shape index (κ1) is 18.8. The van der Waals surface area contributed by atoms with Crippen LogP contribution in [0.4, 0.5) is 4.39 Å². The van der Waals surface area contributed by atoms with E-state index in [9.17, 15) is 14.0 Å². The normalized spacial score (nSPS) is 25.5. The van der Waals surface area contributed by atoms with Gasteiger partial charge in [-0.1, -0.05) is 12.1 Å². The fraction of sp³-hybridized carbons (Fsp3) is 0.579. The maximum atomic E-state index is 13.8. The first-order valence-corrected chi connectivity index (χ1v) is 8.84. The van der Waals surface area contributed by atoms with Crippen LogP contribution in [0.2, 0.25) is 0 Å². The summed E-state index contributed by atoms with van der Waals surface area (Å²) >= 11 is 0. The number of hydrogen-bond donors (Lipinski definition) is 1. The number of benzene rings is 1. The third-order valence-electron chi connectivity index (χ3n) is 5.28. The monoisotopic (exact) mass is 363 g/mol. The van der Waals surface area contributed by atoms with Crippen LogP contribution in [0.15, 0.2) is 24.3 Å². The number of nitrogens with zero attached hydrogens (tertiary/aromatic N) is 2. The Kier molecular flexibility index (Phi) is 5.03. The van der Waals surface area contributed by atoms with Crippen LogP contribution in [0.3, 0.4) is 0 Å². The number of fused-ring (bicyclic) bond motifs is 1. The molecule has 0 aliphatic carbocycles. The Morgan fingerprint density at radius 3 is 2.65 bits per heavy atom. The summed E-state index contributed by atoms with van der Waals surface area (Å²) in [6.45, 7) is 4.99. The lowest BCUT2D eigenvalue weighted by molar-refractivity contribution is -0.137. The van der Waals surface area contributed by atoms with E-state index >= 15 is 0 Å². The van der Waals surface area contributed by atoms with E-state index in [1.165, 1.54) is 19.2 Å². The Bertz CT molecular complexity index is 704. The van der Waals surface area contributed by atoms with Gasteiger partial charge < -0.3 is 20.3 Å². The van der Waals surface area contributed by atoms with E-state index in [1.54, 1.807) is 29.7 Å². The number of carbonyl (C=O) groups excluding carboxylic acids is 2. The predicted molar refractivity (Wildman–Crippen MR) is 94.6 cm³/mol. The van der Waals surface area contributed by atoms with Gasteiger partial charge in [0.1, 0.15) is 12.4 Å². The Hall–Kier alpha value is -1.99. The van der Waals surface area contributed by atoms with E-state index in [4.69, 9.17) is 10.5 Å². The molecular weight excluding hydrogens is 337 g/mol. The van der Waals surface area contributed by atoms with Gasteiger partial charge in [-0.3, -0.25) is 9.59 Å². The second-order valence-corrected chi connectivity index (χ2v) is 7.83. The summed E-state index contributed by atoms with van der Waals surface area (Å²) in [6.07, 6.45) is 0. The highest BCUT2D eigenvalue weighted by Crippen LogP contribution is 2.45. The van der Waals surface area contributed by atoms with Crippen LogP contribution in [0.5, 0.6) is 0 Å². The number of hydrogen-bond acceptors (Lipinski definition) is 4. The van der Waals surface area contributed by atoms with Crippen LogP contribution in [-0.2, 0) is 14.3 Å². The topological polar surface area (TPSA) is 75.9 Å². The molecule has 2 saturated heterocycles. The van der Waals surface area contributed by atoms with Crippen molar-refractivity contribution in [3.63, 3.8) is 0 Å². The molecule has 2 amide bonds. The summed E-state index contributed by atoms with van der Waals surface area (Å²) in [6, 6.07) is 6.08. The molecule has 2 N–H and O–H groups in total. The van der Waals surface area contributed by atoms with Gasteiger partial charge in [0.25, 0.3) is 0 Å². The second-order valence-electron chi connectivity index (χ2n) is 7.83. The molecule has 0 saturated carbocycles. The fourth-order valence-corrected chi connectivity index (χ4v) is 4.20. The van der Waals surface area contributed by atoms with Crippen LogP contribution in [0, 0.1) is 17.7 Å². The van der Waals surface area contributed by atoms with Crippen LogP contribution >= 0.6 is 0 Å². The van der Waals surface area contributed by atoms with Crippen molar-refractivity contribution in [1.82, 2.24) is 9.80 Å². The predicted octanol–water partition coefficient (Wildman–Crippen LogP) is 1.17. The average Bonchev–Trinajstić information content (AvgIpc) is 3.10. The van der Waals surface area contributed by atoms with E-state index in [-0.39, 0.29) is 42.1 Å². The van der Waals surface area contributed by atoms with Crippen molar-refractivity contribution in [3.8, 4) is 0 Å². The fourth-order valence-electron chi connectivity index (χ4n) is 4.20. The van der Waals surface area contributed by atoms with Gasteiger partial charge in [0.15, 0.2) is 0 Å². The Morgan fingerprint density at radius 1 is 1.31 bits per heavy atom. The highest BCUT2D eigenvalue weighted by Gasteiger charge is 2.50. The number of nitrogens with two attached hydrogens (primary N) is 1. The van der Waals surface area contributed by atoms with E-state index in [0.717, 1.165) is 5.56 Å². The second kappa shape index (κ2) is 6.96. The van der Waals surface area contributed by atoms with Gasteiger partial charge >= 0.3 is 0 Å². The Balaban J connectivity index is 1.89. The maximum absolute atomic E-state index is 13.8. The van der Waals surface area contributed by atoms with Gasteiger partial charge in [-0.15, -0.1) is 0 Å². The molecule has 0 aromatic heterocycles. The number of rotatable bonds is 4. The molecule has 2 aliphatic rings. The number of carbonyl (C=O) groups is 2. The van der Waals surface area contributed by atoms with Crippen molar-refractivity contribution >= 4 is 11.8 Å².